The maximum absolute atomic E-state index is 12.9. The van der Waals surface area contributed by atoms with E-state index >= 15 is 0 Å². The Kier molecular flexibility index (Phi) is 5.79. The maximum Gasteiger partial charge on any atom is 0.281 e. The summed E-state index contributed by atoms with van der Waals surface area (Å²) in [5.41, 5.74) is 6.04. The molecule has 2 aromatic rings. The van der Waals surface area contributed by atoms with E-state index in [2.05, 4.69) is 20.7 Å². The van der Waals surface area contributed by atoms with Crippen molar-refractivity contribution in [1.29, 1.82) is 0 Å². The predicted octanol–water partition coefficient (Wildman–Crippen LogP) is 1.43. The minimum Gasteiger partial charge on any atom is -0.378 e. The summed E-state index contributed by atoms with van der Waals surface area (Å²) in [7, 11) is 0. The van der Waals surface area contributed by atoms with Gasteiger partial charge in [-0.2, -0.15) is 0 Å². The van der Waals surface area contributed by atoms with Crippen LogP contribution in [0.15, 0.2) is 24.3 Å². The number of amides is 2. The Morgan fingerprint density at radius 3 is 2.62 bits per heavy atom. The van der Waals surface area contributed by atoms with Crippen LogP contribution in [0, 0.1) is 12.7 Å². The highest BCUT2D eigenvalue weighted by Gasteiger charge is 2.20. The van der Waals surface area contributed by atoms with Gasteiger partial charge in [0.2, 0.25) is 5.91 Å². The molecule has 9 heteroatoms. The molecule has 0 aliphatic carbocycles. The molecular formula is C17H19FN4O3S. The minimum atomic E-state index is -0.410. The quantitative estimate of drug-likeness (QED) is 0.787. The van der Waals surface area contributed by atoms with Gasteiger partial charge in [-0.1, -0.05) is 23.5 Å². The Labute approximate surface area is 154 Å². The second-order valence-corrected chi connectivity index (χ2v) is 6.79. The van der Waals surface area contributed by atoms with E-state index in [0.717, 1.165) is 18.2 Å². The van der Waals surface area contributed by atoms with Crippen molar-refractivity contribution in [3.8, 4) is 0 Å². The Balaban J connectivity index is 1.55. The van der Waals surface area contributed by atoms with Gasteiger partial charge in [-0.25, -0.2) is 9.37 Å². The Hall–Kier alpha value is -2.52. The smallest absolute Gasteiger partial charge is 0.281 e. The van der Waals surface area contributed by atoms with Crippen molar-refractivity contribution in [3.63, 3.8) is 0 Å². The highest BCUT2D eigenvalue weighted by Crippen LogP contribution is 2.26. The van der Waals surface area contributed by atoms with Crippen molar-refractivity contribution < 1.29 is 18.7 Å². The van der Waals surface area contributed by atoms with Gasteiger partial charge in [0.25, 0.3) is 5.91 Å². The van der Waals surface area contributed by atoms with Crippen LogP contribution < -0.4 is 15.8 Å². The summed E-state index contributed by atoms with van der Waals surface area (Å²) in [6, 6.07) is 5.63. The first-order valence-corrected chi connectivity index (χ1v) is 8.98. The van der Waals surface area contributed by atoms with Crippen LogP contribution in [0.1, 0.15) is 20.9 Å². The minimum absolute atomic E-state index is 0.0429. The SMILES string of the molecule is Cc1nc(N2CCOCC2)sc1C(=O)NNC(=O)Cc1ccc(F)cc1. The fourth-order valence-corrected chi connectivity index (χ4v) is 3.51. The second-order valence-electron chi connectivity index (χ2n) is 5.82. The van der Waals surface area contributed by atoms with E-state index in [-0.39, 0.29) is 18.1 Å². The molecule has 1 aliphatic rings. The number of anilines is 1. The number of halogens is 1. The number of hydrogen-bond acceptors (Lipinski definition) is 6. The molecule has 0 bridgehead atoms. The zero-order chi connectivity index (χ0) is 18.5. The number of rotatable bonds is 4. The molecule has 1 aromatic heterocycles. The van der Waals surface area contributed by atoms with Crippen LogP contribution in [0.2, 0.25) is 0 Å². The third-order valence-electron chi connectivity index (χ3n) is 3.87. The van der Waals surface area contributed by atoms with E-state index in [1.165, 1.54) is 35.6 Å². The number of aryl methyl sites for hydroxylation is 1. The number of thiazole rings is 1. The first-order valence-electron chi connectivity index (χ1n) is 8.16. The normalized spacial score (nSPS) is 14.2. The number of aromatic nitrogens is 1. The van der Waals surface area contributed by atoms with Crippen molar-refractivity contribution >= 4 is 28.3 Å². The van der Waals surface area contributed by atoms with Crippen molar-refractivity contribution in [2.45, 2.75) is 13.3 Å². The number of nitrogens with zero attached hydrogens (tertiary/aromatic N) is 2. The molecule has 2 heterocycles. The van der Waals surface area contributed by atoms with Gasteiger partial charge in [-0.05, 0) is 24.6 Å². The van der Waals surface area contributed by atoms with E-state index in [4.69, 9.17) is 4.74 Å². The van der Waals surface area contributed by atoms with E-state index in [0.29, 0.717) is 29.3 Å². The zero-order valence-corrected chi connectivity index (χ0v) is 15.1. The molecule has 2 N–H and O–H groups in total. The maximum atomic E-state index is 12.9. The van der Waals surface area contributed by atoms with Gasteiger partial charge in [0.05, 0.1) is 25.3 Å². The van der Waals surface area contributed by atoms with Gasteiger partial charge < -0.3 is 9.64 Å². The van der Waals surface area contributed by atoms with E-state index < -0.39 is 5.91 Å². The molecule has 1 saturated heterocycles. The number of nitrogens with one attached hydrogen (secondary N) is 2. The lowest BCUT2D eigenvalue weighted by molar-refractivity contribution is -0.121. The molecule has 1 aromatic carbocycles. The summed E-state index contributed by atoms with van der Waals surface area (Å²) in [5.74, 6) is -1.16. The number of morpholine rings is 1. The van der Waals surface area contributed by atoms with Crippen LogP contribution in [0.5, 0.6) is 0 Å². The van der Waals surface area contributed by atoms with Crippen LogP contribution in [0.25, 0.3) is 0 Å². The second kappa shape index (κ2) is 8.24. The van der Waals surface area contributed by atoms with Gasteiger partial charge in [-0.3, -0.25) is 20.4 Å². The largest absolute Gasteiger partial charge is 0.378 e. The summed E-state index contributed by atoms with van der Waals surface area (Å²) >= 11 is 1.29. The Morgan fingerprint density at radius 2 is 1.92 bits per heavy atom. The third-order valence-corrected chi connectivity index (χ3v) is 5.08. The van der Waals surface area contributed by atoms with Gasteiger partial charge in [0, 0.05) is 13.1 Å². The molecule has 1 aliphatic heterocycles. The van der Waals surface area contributed by atoms with Crippen LogP contribution in [-0.2, 0) is 16.0 Å². The van der Waals surface area contributed by atoms with Crippen LogP contribution in [-0.4, -0.2) is 43.1 Å². The predicted molar refractivity (Wildman–Crippen MR) is 95.6 cm³/mol. The van der Waals surface area contributed by atoms with E-state index in [1.807, 2.05) is 0 Å². The molecule has 26 heavy (non-hydrogen) atoms. The lowest BCUT2D eigenvalue weighted by atomic mass is 10.1. The molecule has 0 radical (unpaired) electrons. The van der Waals surface area contributed by atoms with Crippen LogP contribution in [0.3, 0.4) is 0 Å². The van der Waals surface area contributed by atoms with Crippen molar-refractivity contribution in [2.24, 2.45) is 0 Å². The summed E-state index contributed by atoms with van der Waals surface area (Å²) < 4.78 is 18.2. The number of hydrogen-bond donors (Lipinski definition) is 2. The molecule has 0 unspecified atom stereocenters. The van der Waals surface area contributed by atoms with Gasteiger partial charge in [-0.15, -0.1) is 0 Å². The molecule has 138 valence electrons. The summed E-state index contributed by atoms with van der Waals surface area (Å²) in [5, 5.41) is 0.772. The lowest BCUT2D eigenvalue weighted by Crippen LogP contribution is -2.42. The van der Waals surface area contributed by atoms with Crippen molar-refractivity contribution in [1.82, 2.24) is 15.8 Å². The van der Waals surface area contributed by atoms with E-state index in [1.54, 1.807) is 6.92 Å². The Bertz CT molecular complexity index is 788. The first-order chi connectivity index (χ1) is 12.5. The standard InChI is InChI=1S/C17H19FN4O3S/c1-11-15(26-17(19-11)22-6-8-25-9-7-22)16(24)21-20-14(23)10-12-2-4-13(18)5-3-12/h2-5H,6-10H2,1H3,(H,20,23)(H,21,24). The molecule has 3 rings (SSSR count). The van der Waals surface area contributed by atoms with Gasteiger partial charge >= 0.3 is 0 Å². The molecule has 0 spiro atoms. The number of carbonyl (C=O) groups is 2. The van der Waals surface area contributed by atoms with Gasteiger partial charge in [0.1, 0.15) is 10.7 Å². The number of benzene rings is 1. The third kappa shape index (κ3) is 4.55. The summed E-state index contributed by atoms with van der Waals surface area (Å²) in [6.45, 7) is 4.51. The van der Waals surface area contributed by atoms with Crippen molar-refractivity contribution in [2.75, 3.05) is 31.2 Å². The van der Waals surface area contributed by atoms with Crippen LogP contribution in [0.4, 0.5) is 9.52 Å². The zero-order valence-electron chi connectivity index (χ0n) is 14.3. The van der Waals surface area contributed by atoms with Crippen LogP contribution >= 0.6 is 11.3 Å². The fraction of sp³-hybridized carbons (Fsp3) is 0.353. The molecule has 7 nitrogen and oxygen atoms in total. The average Bonchev–Trinajstić information content (AvgIpc) is 3.04. The molecule has 2 amide bonds. The summed E-state index contributed by atoms with van der Waals surface area (Å²) in [4.78, 5) is 31.2. The summed E-state index contributed by atoms with van der Waals surface area (Å²) in [6.07, 6.45) is 0.0429. The topological polar surface area (TPSA) is 83.6 Å². The van der Waals surface area contributed by atoms with Crippen molar-refractivity contribution in [3.05, 3.63) is 46.2 Å². The lowest BCUT2D eigenvalue weighted by Gasteiger charge is -2.25. The highest BCUT2D eigenvalue weighted by molar-refractivity contribution is 7.17. The molecule has 0 saturated carbocycles. The molecule has 1 fully saturated rings. The number of hydrazine groups is 1. The monoisotopic (exact) mass is 378 g/mol. The van der Waals surface area contributed by atoms with Gasteiger partial charge in [0.15, 0.2) is 5.13 Å². The fourth-order valence-electron chi connectivity index (χ4n) is 2.50. The Morgan fingerprint density at radius 1 is 1.23 bits per heavy atom. The molecule has 0 atom stereocenters. The molecular weight excluding hydrogens is 359 g/mol. The van der Waals surface area contributed by atoms with E-state index in [9.17, 15) is 14.0 Å². The number of ether oxygens (including phenoxy) is 1. The first kappa shape index (κ1) is 18.3. The number of carbonyl (C=O) groups excluding carboxylic acids is 2. The highest BCUT2D eigenvalue weighted by atomic mass is 32.1. The average molecular weight is 378 g/mol.